The fraction of sp³-hybridized carbons (Fsp3) is 0.0215. The molecule has 0 bridgehead atoms. The summed E-state index contributed by atoms with van der Waals surface area (Å²) < 4.78 is 101. The van der Waals surface area contributed by atoms with Gasteiger partial charge in [0.1, 0.15) is 18.0 Å². The van der Waals surface area contributed by atoms with Gasteiger partial charge in [-0.15, -0.1) is 0 Å². The summed E-state index contributed by atoms with van der Waals surface area (Å²) in [5.41, 5.74) is 2.50. The summed E-state index contributed by atoms with van der Waals surface area (Å²) in [7, 11) is 0. The van der Waals surface area contributed by atoms with Crippen LogP contribution in [0.5, 0.6) is 0 Å². The Balaban J connectivity index is 0.950. The smallest absolute Gasteiger partial charge is 0.308 e. The predicted molar refractivity (Wildman–Crippen MR) is 429 cm³/mol. The molecular formula is C93H53F6N15. The standard InChI is InChI=1S/C93H53F6N15/c94-92(95,96)72-37-22-38-73(93(97,98)99)80(72)66-51-78(113-74-47-62(82-102-54-101-81(103-82)55-23-8-1-9-24-55)39-43-67(74)68-44-40-63(48-75(68)113)89-107-83(56-25-10-2-11-26-56)104-84(108-89)57-27-12-3-13-28-57)71(53-100)79(52-66)114-76-49-64(90-109-85(58-29-14-4-15-30-58)105-86(110-90)59-31-16-5-17-32-59)41-45-69(76)70-46-42-65(50-77(70)114)91-111-87(60-33-18-6-19-34-60)106-88(112-91)61-35-20-7-21-36-61/h1-52,54H. The van der Waals surface area contributed by atoms with E-state index in [1.165, 1.54) is 18.5 Å². The van der Waals surface area contributed by atoms with E-state index in [4.69, 9.17) is 49.8 Å². The third-order valence-electron chi connectivity index (χ3n) is 19.9. The number of hydrogen-bond donors (Lipinski definition) is 0. The lowest BCUT2D eigenvalue weighted by Gasteiger charge is -2.22. The molecular weight excluding hydrogens is 1440 g/mol. The van der Waals surface area contributed by atoms with E-state index in [-0.39, 0.29) is 40.2 Å². The molecule has 0 radical (unpaired) electrons. The van der Waals surface area contributed by atoms with Crippen LogP contribution >= 0.6 is 0 Å². The molecule has 19 rings (SSSR count). The second-order valence-electron chi connectivity index (χ2n) is 26.9. The second-order valence-corrected chi connectivity index (χ2v) is 26.9. The van der Waals surface area contributed by atoms with Crippen LogP contribution in [0.25, 0.3) is 191 Å². The zero-order valence-electron chi connectivity index (χ0n) is 59.6. The summed E-state index contributed by atoms with van der Waals surface area (Å²) in [6.07, 6.45) is -9.38. The molecule has 0 spiro atoms. The van der Waals surface area contributed by atoms with Gasteiger partial charge in [0.05, 0.1) is 44.6 Å². The maximum Gasteiger partial charge on any atom is 0.417 e. The van der Waals surface area contributed by atoms with Crippen molar-refractivity contribution >= 4 is 43.6 Å². The van der Waals surface area contributed by atoms with Crippen LogP contribution in [0, 0.1) is 11.3 Å². The molecule has 542 valence electrons. The Morgan fingerprint density at radius 2 is 0.465 bits per heavy atom. The molecule has 0 amide bonds. The lowest BCUT2D eigenvalue weighted by Crippen LogP contribution is -2.15. The number of benzene rings is 13. The van der Waals surface area contributed by atoms with E-state index < -0.39 is 34.6 Å². The van der Waals surface area contributed by atoms with Gasteiger partial charge < -0.3 is 9.13 Å². The first kappa shape index (κ1) is 69.1. The third-order valence-corrected chi connectivity index (χ3v) is 19.9. The van der Waals surface area contributed by atoms with Crippen molar-refractivity contribution in [3.05, 3.63) is 338 Å². The van der Waals surface area contributed by atoms with E-state index in [0.29, 0.717) is 158 Å². The van der Waals surface area contributed by atoms with E-state index in [1.54, 1.807) is 33.4 Å². The van der Waals surface area contributed by atoms with E-state index in [1.807, 2.05) is 261 Å². The molecule has 0 saturated carbocycles. The Kier molecular flexibility index (Phi) is 17.1. The first-order chi connectivity index (χ1) is 55.7. The van der Waals surface area contributed by atoms with Crippen LogP contribution in [0.4, 0.5) is 26.3 Å². The summed E-state index contributed by atoms with van der Waals surface area (Å²) in [5.74, 6) is 3.28. The average molecular weight is 1490 g/mol. The summed E-state index contributed by atoms with van der Waals surface area (Å²) in [4.78, 5) is 59.7. The van der Waals surface area contributed by atoms with Gasteiger partial charge in [-0.1, -0.05) is 267 Å². The van der Waals surface area contributed by atoms with Gasteiger partial charge in [0.15, 0.2) is 64.1 Å². The molecule has 0 saturated heterocycles. The van der Waals surface area contributed by atoms with Crippen LogP contribution in [0.1, 0.15) is 16.7 Å². The lowest BCUT2D eigenvalue weighted by molar-refractivity contribution is -0.142. The van der Waals surface area contributed by atoms with Crippen molar-refractivity contribution in [3.8, 4) is 154 Å². The van der Waals surface area contributed by atoms with Crippen molar-refractivity contribution in [1.82, 2.24) is 68.9 Å². The minimum atomic E-state index is -5.38. The highest BCUT2D eigenvalue weighted by atomic mass is 19.4. The molecule has 0 fully saturated rings. The minimum Gasteiger partial charge on any atom is -0.308 e. The van der Waals surface area contributed by atoms with Crippen molar-refractivity contribution in [2.45, 2.75) is 12.4 Å². The fourth-order valence-electron chi connectivity index (χ4n) is 14.6. The van der Waals surface area contributed by atoms with Crippen LogP contribution in [0.2, 0.25) is 0 Å². The molecule has 0 atom stereocenters. The Labute approximate surface area is 645 Å². The number of halogens is 6. The number of alkyl halides is 6. The maximum atomic E-state index is 16.3. The molecule has 6 aromatic heterocycles. The van der Waals surface area contributed by atoms with Gasteiger partial charge in [0, 0.05) is 88.3 Å². The molecule has 21 heteroatoms. The number of fused-ring (bicyclic) bond motifs is 6. The minimum absolute atomic E-state index is 0.132. The number of nitrogens with zero attached hydrogens (tertiary/aromatic N) is 15. The predicted octanol–water partition coefficient (Wildman–Crippen LogP) is 22.5. The van der Waals surface area contributed by atoms with E-state index in [2.05, 4.69) is 16.0 Å². The number of hydrogen-bond acceptors (Lipinski definition) is 13. The summed E-state index contributed by atoms with van der Waals surface area (Å²) >= 11 is 0. The zero-order chi connectivity index (χ0) is 77.2. The van der Waals surface area contributed by atoms with Crippen LogP contribution in [0.15, 0.2) is 322 Å². The molecule has 6 heterocycles. The van der Waals surface area contributed by atoms with Crippen molar-refractivity contribution in [1.29, 1.82) is 5.26 Å². The third kappa shape index (κ3) is 12.8. The summed E-state index contributed by atoms with van der Waals surface area (Å²) in [6, 6.07) is 94.4. The van der Waals surface area contributed by atoms with E-state index in [9.17, 15) is 5.26 Å². The molecule has 0 aliphatic rings. The Bertz CT molecular complexity index is 6620. The fourth-order valence-corrected chi connectivity index (χ4v) is 14.6. The van der Waals surface area contributed by atoms with Crippen LogP contribution in [-0.4, -0.2) is 68.9 Å². The van der Waals surface area contributed by atoms with Crippen molar-refractivity contribution in [2.24, 2.45) is 0 Å². The number of nitriles is 1. The van der Waals surface area contributed by atoms with Crippen LogP contribution in [-0.2, 0) is 12.4 Å². The first-order valence-corrected chi connectivity index (χ1v) is 36.1. The lowest BCUT2D eigenvalue weighted by atomic mass is 9.91. The van der Waals surface area contributed by atoms with Gasteiger partial charge in [-0.05, 0) is 54.1 Å². The SMILES string of the molecule is N#Cc1c(-n2c3cc(-c4ncnc(-c5ccccc5)n4)ccc3c3ccc(-c4nc(-c5ccccc5)nc(-c5ccccc5)n4)cc32)cc(-c2c(C(F)(F)F)cccc2C(F)(F)F)cc1-n1c2cc(-c3nc(-c4ccccc4)nc(-c4ccccc4)n3)ccc2c2ccc(-c3nc(-c4ccccc4)nc(-c4ccccc4)n3)cc21. The van der Waals surface area contributed by atoms with Gasteiger partial charge in [0.25, 0.3) is 0 Å². The molecule has 15 nitrogen and oxygen atoms in total. The second kappa shape index (κ2) is 28.2. The molecule has 19 aromatic rings. The van der Waals surface area contributed by atoms with Gasteiger partial charge in [0.2, 0.25) is 0 Å². The number of aromatic nitrogens is 14. The molecule has 0 N–H and O–H groups in total. The van der Waals surface area contributed by atoms with Gasteiger partial charge in [-0.25, -0.2) is 59.8 Å². The van der Waals surface area contributed by atoms with Crippen molar-refractivity contribution in [2.75, 3.05) is 0 Å². The molecule has 13 aromatic carbocycles. The van der Waals surface area contributed by atoms with Crippen LogP contribution < -0.4 is 0 Å². The maximum absolute atomic E-state index is 16.3. The van der Waals surface area contributed by atoms with Gasteiger partial charge >= 0.3 is 12.4 Å². The quantitative estimate of drug-likeness (QED) is 0.0936. The molecule has 0 aliphatic heterocycles. The van der Waals surface area contributed by atoms with Crippen molar-refractivity contribution < 1.29 is 26.3 Å². The zero-order valence-corrected chi connectivity index (χ0v) is 59.6. The highest BCUT2D eigenvalue weighted by Crippen LogP contribution is 2.49. The largest absolute Gasteiger partial charge is 0.417 e. The van der Waals surface area contributed by atoms with E-state index >= 15 is 26.3 Å². The molecule has 0 aliphatic carbocycles. The Hall–Kier alpha value is -15.4. The normalized spacial score (nSPS) is 11.8. The Morgan fingerprint density at radius 3 is 0.719 bits per heavy atom. The monoisotopic (exact) mass is 1490 g/mol. The highest BCUT2D eigenvalue weighted by molar-refractivity contribution is 6.13. The number of rotatable bonds is 14. The molecule has 114 heavy (non-hydrogen) atoms. The van der Waals surface area contributed by atoms with Crippen LogP contribution in [0.3, 0.4) is 0 Å². The Morgan fingerprint density at radius 1 is 0.237 bits per heavy atom. The van der Waals surface area contributed by atoms with Gasteiger partial charge in [-0.2, -0.15) is 31.6 Å². The average Bonchev–Trinajstić information content (AvgIpc) is 1.00. The first-order valence-electron chi connectivity index (χ1n) is 36.1. The topological polar surface area (TPSA) is 188 Å². The summed E-state index contributed by atoms with van der Waals surface area (Å²) in [5, 5.41) is 14.9. The highest BCUT2D eigenvalue weighted by Gasteiger charge is 2.42. The summed E-state index contributed by atoms with van der Waals surface area (Å²) in [6.45, 7) is 0. The van der Waals surface area contributed by atoms with E-state index in [0.717, 1.165) is 6.07 Å². The molecule has 0 unspecified atom stereocenters. The van der Waals surface area contributed by atoms with Gasteiger partial charge in [-0.3, -0.25) is 0 Å². The van der Waals surface area contributed by atoms with Crippen molar-refractivity contribution in [3.63, 3.8) is 0 Å².